The molecule has 0 bridgehead atoms. The SMILES string of the molecule is Cl.Cl.O.O=C(Cc1ccc(Cl)c(Cl)c1)C1(CN2CCCC2)NCCc2[nH]c3ccccc3c21.O=C(Cc1ccc(Cl)c(Cl)c1)C1(CN2CCCC2)NCCc2[nH]c3ccccc3c21. The van der Waals surface area contributed by atoms with Crippen molar-refractivity contribution in [3.63, 3.8) is 0 Å². The minimum Gasteiger partial charge on any atom is -0.412 e. The van der Waals surface area contributed by atoms with Crippen molar-refractivity contribution in [2.24, 2.45) is 0 Å². The van der Waals surface area contributed by atoms with Gasteiger partial charge >= 0.3 is 0 Å². The highest BCUT2D eigenvalue weighted by Gasteiger charge is 2.48. The largest absolute Gasteiger partial charge is 0.412 e. The van der Waals surface area contributed by atoms with Crippen molar-refractivity contribution >= 4 is 105 Å². The molecule has 0 aliphatic carbocycles. The van der Waals surface area contributed by atoms with E-state index >= 15 is 0 Å². The lowest BCUT2D eigenvalue weighted by Gasteiger charge is -2.40. The third kappa shape index (κ3) is 9.86. The molecule has 4 aliphatic heterocycles. The van der Waals surface area contributed by atoms with Crippen molar-refractivity contribution in [1.82, 2.24) is 30.4 Å². The van der Waals surface area contributed by atoms with Crippen LogP contribution in [0.1, 0.15) is 59.3 Å². The van der Waals surface area contributed by atoms with Gasteiger partial charge in [0.1, 0.15) is 11.1 Å². The van der Waals surface area contributed by atoms with Crippen LogP contribution in [0.2, 0.25) is 20.1 Å². The van der Waals surface area contributed by atoms with Crippen molar-refractivity contribution < 1.29 is 15.1 Å². The van der Waals surface area contributed by atoms with Gasteiger partial charge in [-0.05, 0) is 99.4 Å². The highest BCUT2D eigenvalue weighted by molar-refractivity contribution is 6.42. The minimum absolute atomic E-state index is 0. The zero-order chi connectivity index (χ0) is 41.4. The third-order valence-corrected chi connectivity index (χ3v) is 14.5. The number of H-pyrrole nitrogens is 2. The summed E-state index contributed by atoms with van der Waals surface area (Å²) in [6, 6.07) is 27.6. The molecular weight excluding hydrogens is 921 g/mol. The molecule has 4 aromatic carbocycles. The second-order valence-electron chi connectivity index (χ2n) is 16.9. The van der Waals surface area contributed by atoms with Gasteiger partial charge in [0.05, 0.1) is 20.1 Å². The van der Waals surface area contributed by atoms with Gasteiger partial charge in [-0.3, -0.25) is 20.2 Å². The number of ketones is 2. The molecule has 2 unspecified atom stereocenters. The molecule has 2 aromatic heterocycles. The van der Waals surface area contributed by atoms with E-state index < -0.39 is 11.1 Å². The second kappa shape index (κ2) is 21.0. The van der Waals surface area contributed by atoms with Crippen molar-refractivity contribution in [2.45, 2.75) is 62.4 Å². The average Bonchev–Trinajstić information content (AvgIpc) is 4.08. The molecule has 10 rings (SSSR count). The van der Waals surface area contributed by atoms with E-state index in [0.717, 1.165) is 96.2 Å². The number of carbonyl (C=O) groups is 2. The van der Waals surface area contributed by atoms with E-state index in [4.69, 9.17) is 46.4 Å². The first kappa shape index (κ1) is 49.3. The number of aromatic amines is 2. The smallest absolute Gasteiger partial charge is 0.163 e. The van der Waals surface area contributed by atoms with Gasteiger partial charge in [-0.25, -0.2) is 0 Å². The van der Waals surface area contributed by atoms with Crippen LogP contribution in [0.5, 0.6) is 0 Å². The van der Waals surface area contributed by atoms with Crippen LogP contribution in [0.4, 0.5) is 0 Å². The van der Waals surface area contributed by atoms with E-state index in [2.05, 4.69) is 66.8 Å². The van der Waals surface area contributed by atoms with Gasteiger partial charge in [-0.1, -0.05) is 94.9 Å². The minimum atomic E-state index is -0.733. The van der Waals surface area contributed by atoms with Gasteiger partial charge in [0, 0.05) is 96.2 Å². The Morgan fingerprint density at radius 2 is 0.921 bits per heavy atom. The number of aromatic nitrogens is 2. The Morgan fingerprint density at radius 3 is 1.30 bits per heavy atom. The average molecular weight is 976 g/mol. The molecule has 2 fully saturated rings. The molecule has 2 saturated heterocycles. The zero-order valence-corrected chi connectivity index (χ0v) is 39.6. The molecular formula is C48H54Cl6N6O3. The molecule has 4 aliphatic rings. The number of nitrogens with zero attached hydrogens (tertiary/aromatic N) is 2. The molecule has 0 saturated carbocycles. The maximum Gasteiger partial charge on any atom is 0.163 e. The Hall–Kier alpha value is -3.16. The number of para-hydroxylation sites is 2. The summed E-state index contributed by atoms with van der Waals surface area (Å²) in [5.41, 5.74) is 7.12. The molecule has 9 nitrogen and oxygen atoms in total. The molecule has 0 amide bonds. The standard InChI is InChI=1S/2C24H25Cl2N3O.2ClH.H2O/c2*25-18-8-7-16(13-19(18)26)14-22(30)24(15-29-11-3-4-12-29)23-17-5-1-2-6-20(17)28-21(23)9-10-27-24;;;/h2*1-2,5-8,13,27-28H,3-4,9-12,14-15H2;2*1H;1H2. The quantitative estimate of drug-likeness (QED) is 0.108. The number of hydrogen-bond acceptors (Lipinski definition) is 6. The maximum absolute atomic E-state index is 14.0. The number of hydrogen-bond donors (Lipinski definition) is 4. The Kier molecular flexibility index (Phi) is 16.4. The van der Waals surface area contributed by atoms with Gasteiger partial charge in [-0.2, -0.15) is 0 Å². The van der Waals surface area contributed by atoms with E-state index in [1.165, 1.54) is 37.1 Å². The van der Waals surface area contributed by atoms with Crippen LogP contribution < -0.4 is 10.6 Å². The fourth-order valence-electron chi connectivity index (χ4n) is 10.2. The fraction of sp³-hybridized carbons (Fsp3) is 0.375. The number of nitrogens with one attached hydrogen (secondary N) is 4. The Balaban J connectivity index is 0.000000200. The molecule has 6 N–H and O–H groups in total. The predicted octanol–water partition coefficient (Wildman–Crippen LogP) is 9.47. The van der Waals surface area contributed by atoms with Crippen LogP contribution >= 0.6 is 71.2 Å². The number of fused-ring (bicyclic) bond motifs is 6. The number of carbonyl (C=O) groups excluding carboxylic acids is 2. The highest BCUT2D eigenvalue weighted by atomic mass is 35.5. The van der Waals surface area contributed by atoms with E-state index in [0.29, 0.717) is 46.0 Å². The Labute approximate surface area is 401 Å². The predicted molar refractivity (Wildman–Crippen MR) is 263 cm³/mol. The van der Waals surface area contributed by atoms with Crippen LogP contribution in [0.25, 0.3) is 21.8 Å². The van der Waals surface area contributed by atoms with Crippen molar-refractivity contribution in [3.8, 4) is 0 Å². The summed E-state index contributed by atoms with van der Waals surface area (Å²) in [6.07, 6.45) is 7.19. The Morgan fingerprint density at radius 1 is 0.540 bits per heavy atom. The molecule has 2 atom stereocenters. The van der Waals surface area contributed by atoms with Crippen LogP contribution in [0.15, 0.2) is 84.9 Å². The van der Waals surface area contributed by atoms with Gasteiger partial charge < -0.3 is 25.2 Å². The molecule has 6 aromatic rings. The first-order valence-electron chi connectivity index (χ1n) is 21.2. The summed E-state index contributed by atoms with van der Waals surface area (Å²) < 4.78 is 0. The first-order valence-corrected chi connectivity index (χ1v) is 22.7. The van der Waals surface area contributed by atoms with Crippen molar-refractivity contribution in [2.75, 3.05) is 52.4 Å². The van der Waals surface area contributed by atoms with Crippen LogP contribution in [-0.4, -0.2) is 89.2 Å². The highest BCUT2D eigenvalue weighted by Crippen LogP contribution is 2.40. The van der Waals surface area contributed by atoms with E-state index in [9.17, 15) is 9.59 Å². The molecule has 6 heterocycles. The topological polar surface area (TPSA) is 128 Å². The number of benzene rings is 4. The van der Waals surface area contributed by atoms with E-state index in [1.54, 1.807) is 12.1 Å². The zero-order valence-electron chi connectivity index (χ0n) is 34.9. The van der Waals surface area contributed by atoms with Crippen LogP contribution in [-0.2, 0) is 46.4 Å². The second-order valence-corrected chi connectivity index (χ2v) is 18.5. The lowest BCUT2D eigenvalue weighted by molar-refractivity contribution is -0.127. The summed E-state index contributed by atoms with van der Waals surface area (Å²) in [7, 11) is 0. The summed E-state index contributed by atoms with van der Waals surface area (Å²) >= 11 is 24.6. The molecule has 0 spiro atoms. The van der Waals surface area contributed by atoms with Crippen LogP contribution in [0.3, 0.4) is 0 Å². The number of Topliss-reactive ketones (excluding diaryl/α,β-unsaturated/α-hetero) is 2. The van der Waals surface area contributed by atoms with E-state index in [1.807, 2.05) is 36.4 Å². The fourth-order valence-corrected chi connectivity index (χ4v) is 10.8. The number of rotatable bonds is 10. The molecule has 15 heteroatoms. The summed E-state index contributed by atoms with van der Waals surface area (Å²) in [4.78, 5) is 40.0. The van der Waals surface area contributed by atoms with E-state index in [-0.39, 0.29) is 41.9 Å². The Bertz CT molecular complexity index is 2390. The molecule has 63 heavy (non-hydrogen) atoms. The third-order valence-electron chi connectivity index (χ3n) is 13.0. The molecule has 336 valence electrons. The van der Waals surface area contributed by atoms with Gasteiger partial charge in [0.2, 0.25) is 0 Å². The van der Waals surface area contributed by atoms with Crippen molar-refractivity contribution in [3.05, 3.63) is 139 Å². The lowest BCUT2D eigenvalue weighted by atomic mass is 9.78. The monoisotopic (exact) mass is 972 g/mol. The van der Waals surface area contributed by atoms with Gasteiger partial charge in [0.25, 0.3) is 0 Å². The summed E-state index contributed by atoms with van der Waals surface area (Å²) in [5.74, 6) is 0.358. The molecule has 0 radical (unpaired) electrons. The number of halogens is 6. The first-order chi connectivity index (χ1) is 29.1. The summed E-state index contributed by atoms with van der Waals surface area (Å²) in [6.45, 7) is 7.12. The summed E-state index contributed by atoms with van der Waals surface area (Å²) in [5, 5.41) is 11.6. The lowest BCUT2D eigenvalue weighted by Crippen LogP contribution is -2.59. The number of likely N-dealkylation sites (tertiary alicyclic amines) is 2. The van der Waals surface area contributed by atoms with Gasteiger partial charge in [-0.15, -0.1) is 24.8 Å². The van der Waals surface area contributed by atoms with Crippen LogP contribution in [0, 0.1) is 0 Å². The normalized spacial score (nSPS) is 20.8. The van der Waals surface area contributed by atoms with Crippen molar-refractivity contribution in [1.29, 1.82) is 0 Å². The van der Waals surface area contributed by atoms with Gasteiger partial charge in [0.15, 0.2) is 11.6 Å². The maximum atomic E-state index is 14.0.